The SMILES string of the molecule is CC(C)N1C=C(N)C=CO1. The Morgan fingerprint density at radius 2 is 2.30 bits per heavy atom. The molecule has 0 radical (unpaired) electrons. The molecule has 0 fully saturated rings. The number of nitrogens with zero attached hydrogens (tertiary/aromatic N) is 1. The summed E-state index contributed by atoms with van der Waals surface area (Å²) in [5.41, 5.74) is 6.24. The maximum atomic E-state index is 5.52. The fraction of sp³-hybridized carbons (Fsp3) is 0.429. The molecule has 0 spiro atoms. The fourth-order valence-electron chi connectivity index (χ4n) is 0.670. The van der Waals surface area contributed by atoms with Crippen LogP contribution in [0, 0.1) is 0 Å². The number of allylic oxidation sites excluding steroid dienone is 1. The third-order valence-electron chi connectivity index (χ3n) is 1.23. The molecule has 1 aliphatic heterocycles. The van der Waals surface area contributed by atoms with Crippen LogP contribution in [-0.2, 0) is 4.84 Å². The van der Waals surface area contributed by atoms with E-state index < -0.39 is 0 Å². The Bertz CT molecular complexity index is 172. The van der Waals surface area contributed by atoms with Gasteiger partial charge in [-0.15, -0.1) is 0 Å². The highest BCUT2D eigenvalue weighted by molar-refractivity contribution is 5.14. The smallest absolute Gasteiger partial charge is 0.121 e. The zero-order valence-electron chi connectivity index (χ0n) is 6.24. The van der Waals surface area contributed by atoms with Crippen LogP contribution in [0.1, 0.15) is 13.8 Å². The second-order valence-corrected chi connectivity index (χ2v) is 2.49. The van der Waals surface area contributed by atoms with Gasteiger partial charge >= 0.3 is 0 Å². The number of nitrogens with two attached hydrogens (primary N) is 1. The van der Waals surface area contributed by atoms with Crippen molar-refractivity contribution in [3.8, 4) is 0 Å². The summed E-state index contributed by atoms with van der Waals surface area (Å²) in [6, 6.07) is 0.323. The van der Waals surface area contributed by atoms with Crippen molar-refractivity contribution in [3.63, 3.8) is 0 Å². The standard InChI is InChI=1S/C7H12N2O/c1-6(2)9-5-7(8)3-4-10-9/h3-6H,8H2,1-2H3. The van der Waals surface area contributed by atoms with Gasteiger partial charge in [-0.2, -0.15) is 0 Å². The highest BCUT2D eigenvalue weighted by Crippen LogP contribution is 2.07. The Morgan fingerprint density at radius 3 is 2.70 bits per heavy atom. The molecule has 0 aliphatic carbocycles. The Hall–Kier alpha value is -1.12. The minimum atomic E-state index is 0.323. The van der Waals surface area contributed by atoms with Crippen molar-refractivity contribution in [2.45, 2.75) is 19.9 Å². The average molecular weight is 140 g/mol. The molecule has 3 nitrogen and oxygen atoms in total. The maximum Gasteiger partial charge on any atom is 0.121 e. The van der Waals surface area contributed by atoms with E-state index in [1.165, 1.54) is 0 Å². The molecule has 1 rings (SSSR count). The minimum Gasteiger partial charge on any atom is -0.397 e. The van der Waals surface area contributed by atoms with E-state index in [4.69, 9.17) is 10.6 Å². The first kappa shape index (κ1) is 6.99. The molecule has 0 atom stereocenters. The van der Waals surface area contributed by atoms with Gasteiger partial charge in [-0.1, -0.05) is 0 Å². The van der Waals surface area contributed by atoms with Crippen LogP contribution in [0.4, 0.5) is 0 Å². The highest BCUT2D eigenvalue weighted by Gasteiger charge is 2.06. The Kier molecular flexibility index (Phi) is 1.85. The Balaban J connectivity index is 2.60. The highest BCUT2D eigenvalue weighted by atomic mass is 16.7. The number of hydroxylamine groups is 2. The van der Waals surface area contributed by atoms with E-state index >= 15 is 0 Å². The summed E-state index contributed by atoms with van der Waals surface area (Å²) >= 11 is 0. The van der Waals surface area contributed by atoms with Crippen LogP contribution in [0.15, 0.2) is 24.2 Å². The summed E-state index contributed by atoms with van der Waals surface area (Å²) in [6.07, 6.45) is 5.07. The molecule has 0 unspecified atom stereocenters. The van der Waals surface area contributed by atoms with Gasteiger partial charge in [0.25, 0.3) is 0 Å². The van der Waals surface area contributed by atoms with Gasteiger partial charge < -0.3 is 10.6 Å². The quantitative estimate of drug-likeness (QED) is 0.589. The summed E-state index contributed by atoms with van der Waals surface area (Å²) in [5, 5.41) is 1.70. The van der Waals surface area contributed by atoms with E-state index in [0.29, 0.717) is 6.04 Å². The zero-order chi connectivity index (χ0) is 7.56. The second-order valence-electron chi connectivity index (χ2n) is 2.49. The molecule has 0 saturated heterocycles. The molecule has 56 valence electrons. The van der Waals surface area contributed by atoms with Crippen molar-refractivity contribution in [2.24, 2.45) is 5.73 Å². The molecule has 1 aliphatic rings. The predicted molar refractivity (Wildman–Crippen MR) is 39.5 cm³/mol. The summed E-state index contributed by atoms with van der Waals surface area (Å²) in [7, 11) is 0. The van der Waals surface area contributed by atoms with E-state index in [1.807, 2.05) is 13.8 Å². The fourth-order valence-corrected chi connectivity index (χ4v) is 0.670. The molecule has 1 heterocycles. The molecular weight excluding hydrogens is 128 g/mol. The maximum absolute atomic E-state index is 5.52. The van der Waals surface area contributed by atoms with Crippen LogP contribution in [0.25, 0.3) is 0 Å². The van der Waals surface area contributed by atoms with E-state index in [1.54, 1.807) is 23.6 Å². The Morgan fingerprint density at radius 1 is 1.60 bits per heavy atom. The van der Waals surface area contributed by atoms with Crippen molar-refractivity contribution in [3.05, 3.63) is 24.2 Å². The largest absolute Gasteiger partial charge is 0.397 e. The third-order valence-corrected chi connectivity index (χ3v) is 1.23. The molecule has 3 heteroatoms. The van der Waals surface area contributed by atoms with Gasteiger partial charge in [-0.3, -0.25) is 0 Å². The van der Waals surface area contributed by atoms with E-state index in [9.17, 15) is 0 Å². The van der Waals surface area contributed by atoms with Crippen molar-refractivity contribution >= 4 is 0 Å². The van der Waals surface area contributed by atoms with Gasteiger partial charge in [0.1, 0.15) is 6.26 Å². The summed E-state index contributed by atoms with van der Waals surface area (Å²) in [5.74, 6) is 0. The van der Waals surface area contributed by atoms with Crippen molar-refractivity contribution < 1.29 is 4.84 Å². The van der Waals surface area contributed by atoms with Crippen LogP contribution in [-0.4, -0.2) is 11.1 Å². The van der Waals surface area contributed by atoms with Crippen molar-refractivity contribution in [2.75, 3.05) is 0 Å². The van der Waals surface area contributed by atoms with E-state index in [2.05, 4.69) is 0 Å². The van der Waals surface area contributed by atoms with Gasteiger partial charge in [0.05, 0.1) is 17.9 Å². The molecular formula is C7H12N2O. The van der Waals surface area contributed by atoms with Gasteiger partial charge in [0.2, 0.25) is 0 Å². The van der Waals surface area contributed by atoms with Crippen LogP contribution in [0.5, 0.6) is 0 Å². The Labute approximate surface area is 60.7 Å². The monoisotopic (exact) mass is 140 g/mol. The molecule has 2 N–H and O–H groups in total. The normalized spacial score (nSPS) is 17.1. The molecule has 0 amide bonds. The van der Waals surface area contributed by atoms with Gasteiger partial charge in [-0.25, -0.2) is 5.06 Å². The van der Waals surface area contributed by atoms with Crippen LogP contribution in [0.2, 0.25) is 0 Å². The lowest BCUT2D eigenvalue weighted by molar-refractivity contribution is -0.0854. The lowest BCUT2D eigenvalue weighted by atomic mass is 10.3. The first-order valence-corrected chi connectivity index (χ1v) is 3.29. The van der Waals surface area contributed by atoms with E-state index in [-0.39, 0.29) is 0 Å². The molecule has 10 heavy (non-hydrogen) atoms. The number of hydrogen-bond donors (Lipinski definition) is 1. The van der Waals surface area contributed by atoms with Crippen molar-refractivity contribution in [1.29, 1.82) is 0 Å². The van der Waals surface area contributed by atoms with Crippen LogP contribution < -0.4 is 5.73 Å². The van der Waals surface area contributed by atoms with Crippen LogP contribution >= 0.6 is 0 Å². The number of hydrogen-bond acceptors (Lipinski definition) is 3. The summed E-state index contributed by atoms with van der Waals surface area (Å²) in [6.45, 7) is 4.06. The number of rotatable bonds is 1. The van der Waals surface area contributed by atoms with Gasteiger partial charge in [-0.05, 0) is 13.8 Å². The molecule has 0 aromatic carbocycles. The first-order chi connectivity index (χ1) is 4.70. The molecule has 0 bridgehead atoms. The predicted octanol–water partition coefficient (Wildman–Crippen LogP) is 0.956. The summed E-state index contributed by atoms with van der Waals surface area (Å²) < 4.78 is 0. The van der Waals surface area contributed by atoms with Crippen LogP contribution in [0.3, 0.4) is 0 Å². The lowest BCUT2D eigenvalue weighted by Crippen LogP contribution is -2.26. The first-order valence-electron chi connectivity index (χ1n) is 3.29. The van der Waals surface area contributed by atoms with Gasteiger partial charge in [0, 0.05) is 6.08 Å². The van der Waals surface area contributed by atoms with Gasteiger partial charge in [0.15, 0.2) is 0 Å². The minimum absolute atomic E-state index is 0.323. The summed E-state index contributed by atoms with van der Waals surface area (Å²) in [4.78, 5) is 5.11. The lowest BCUT2D eigenvalue weighted by Gasteiger charge is -2.24. The average Bonchev–Trinajstić information content (AvgIpc) is 1.88. The second kappa shape index (κ2) is 2.64. The topological polar surface area (TPSA) is 38.5 Å². The molecule has 0 saturated carbocycles. The van der Waals surface area contributed by atoms with Crippen molar-refractivity contribution in [1.82, 2.24) is 5.06 Å². The zero-order valence-corrected chi connectivity index (χ0v) is 6.24. The molecule has 0 aromatic heterocycles. The molecule has 0 aromatic rings. The van der Waals surface area contributed by atoms with E-state index in [0.717, 1.165) is 5.70 Å². The third kappa shape index (κ3) is 1.43.